The second-order valence-electron chi connectivity index (χ2n) is 4.65. The summed E-state index contributed by atoms with van der Waals surface area (Å²) in [4.78, 5) is 3.68. The van der Waals surface area contributed by atoms with Gasteiger partial charge in [0, 0.05) is 6.07 Å². The largest absolute Gasteiger partial charge is 0.490 e. The van der Waals surface area contributed by atoms with E-state index < -0.39 is 10.1 Å². The van der Waals surface area contributed by atoms with Crippen molar-refractivity contribution < 1.29 is 17.3 Å². The summed E-state index contributed by atoms with van der Waals surface area (Å²) in [6.45, 7) is 3.65. The van der Waals surface area contributed by atoms with E-state index in [4.69, 9.17) is 25.8 Å². The molecule has 126 valence electrons. The van der Waals surface area contributed by atoms with Crippen molar-refractivity contribution >= 4 is 37.6 Å². The Balaban J connectivity index is 2.49. The molecule has 0 amide bonds. The van der Waals surface area contributed by atoms with Gasteiger partial charge in [0.05, 0.1) is 28.9 Å². The van der Waals surface area contributed by atoms with Crippen molar-refractivity contribution in [1.82, 2.24) is 4.98 Å². The molecule has 1 aromatic carbocycles. The van der Waals surface area contributed by atoms with E-state index >= 15 is 0 Å². The minimum Gasteiger partial charge on any atom is -0.490 e. The summed E-state index contributed by atoms with van der Waals surface area (Å²) in [5.41, 5.74) is 0.810. The Morgan fingerprint density at radius 2 is 2.08 bits per heavy atom. The van der Waals surface area contributed by atoms with Crippen molar-refractivity contribution in [2.24, 2.45) is 0 Å². The fourth-order valence-corrected chi connectivity index (χ4v) is 3.53. The van der Waals surface area contributed by atoms with E-state index in [0.717, 1.165) is 6.20 Å². The molecular weight excluding hydrogens is 420 g/mol. The van der Waals surface area contributed by atoms with Crippen molar-refractivity contribution in [3.8, 4) is 17.6 Å². The Morgan fingerprint density at radius 1 is 1.38 bits per heavy atom. The van der Waals surface area contributed by atoms with Gasteiger partial charge in [-0.1, -0.05) is 11.6 Å². The van der Waals surface area contributed by atoms with E-state index in [1.165, 1.54) is 18.2 Å². The second-order valence-corrected chi connectivity index (χ2v) is 7.41. The molecule has 0 saturated heterocycles. The molecule has 0 saturated carbocycles. The minimum atomic E-state index is -4.15. The number of pyridine rings is 1. The van der Waals surface area contributed by atoms with Crippen LogP contribution in [-0.4, -0.2) is 20.0 Å². The van der Waals surface area contributed by atoms with Gasteiger partial charge in [0.1, 0.15) is 10.0 Å². The first-order valence-corrected chi connectivity index (χ1v) is 9.29. The lowest BCUT2D eigenvalue weighted by Crippen LogP contribution is -2.12. The Labute approximate surface area is 153 Å². The maximum atomic E-state index is 12.5. The average Bonchev–Trinajstić information content (AvgIpc) is 2.53. The Morgan fingerprint density at radius 3 is 2.67 bits per heavy atom. The molecule has 24 heavy (non-hydrogen) atoms. The number of rotatable bonds is 5. The van der Waals surface area contributed by atoms with Crippen LogP contribution in [0.5, 0.6) is 11.5 Å². The molecule has 0 atom stereocenters. The van der Waals surface area contributed by atoms with Crippen molar-refractivity contribution in [3.63, 3.8) is 0 Å². The Bertz CT molecular complexity index is 926. The van der Waals surface area contributed by atoms with Gasteiger partial charge in [0.25, 0.3) is 0 Å². The van der Waals surface area contributed by atoms with Gasteiger partial charge in [0.2, 0.25) is 0 Å². The maximum absolute atomic E-state index is 12.5. The van der Waals surface area contributed by atoms with Gasteiger partial charge in [0.15, 0.2) is 11.5 Å². The molecule has 6 nitrogen and oxygen atoms in total. The van der Waals surface area contributed by atoms with E-state index in [2.05, 4.69) is 20.9 Å². The number of ether oxygens (including phenoxy) is 1. The molecular formula is C15H12BrClN2O4S. The van der Waals surface area contributed by atoms with Gasteiger partial charge in [-0.25, -0.2) is 4.98 Å². The molecule has 0 unspecified atom stereocenters. The summed E-state index contributed by atoms with van der Waals surface area (Å²) in [5, 5.41) is 9.22. The van der Waals surface area contributed by atoms with Crippen LogP contribution in [0.3, 0.4) is 0 Å². The summed E-state index contributed by atoms with van der Waals surface area (Å²) in [6.07, 6.45) is 1.11. The number of nitrogens with zero attached hydrogens (tertiary/aromatic N) is 2. The van der Waals surface area contributed by atoms with Crippen molar-refractivity contribution in [2.75, 3.05) is 6.61 Å². The summed E-state index contributed by atoms with van der Waals surface area (Å²) in [7, 11) is -4.15. The quantitative estimate of drug-likeness (QED) is 0.528. The smallest absolute Gasteiger partial charge is 0.340 e. The summed E-state index contributed by atoms with van der Waals surface area (Å²) >= 11 is 9.01. The standard InChI is InChI=1S/C15H12BrClN2O4S/c1-3-22-13-6-10(7-18)5-12(16)14(13)23-24(20,21)11-4-9(2)15(17)19-8-11/h4-6,8H,3H2,1-2H3. The Hall–Kier alpha value is -1.82. The van der Waals surface area contributed by atoms with Gasteiger partial charge in [-0.3, -0.25) is 0 Å². The second kappa shape index (κ2) is 7.38. The first-order chi connectivity index (χ1) is 11.3. The number of hydrogen-bond donors (Lipinski definition) is 0. The van der Waals surface area contributed by atoms with Crippen LogP contribution < -0.4 is 8.92 Å². The highest BCUT2D eigenvalue weighted by atomic mass is 79.9. The van der Waals surface area contributed by atoms with E-state index in [9.17, 15) is 8.42 Å². The molecule has 9 heteroatoms. The van der Waals surface area contributed by atoms with E-state index in [1.807, 2.05) is 6.07 Å². The highest BCUT2D eigenvalue weighted by molar-refractivity contribution is 9.10. The molecule has 0 aliphatic rings. The summed E-state index contributed by atoms with van der Waals surface area (Å²) < 4.78 is 35.8. The highest BCUT2D eigenvalue weighted by Crippen LogP contribution is 2.38. The first kappa shape index (κ1) is 18.5. The van der Waals surface area contributed by atoms with Crippen LogP contribution in [0.1, 0.15) is 18.1 Å². The molecule has 0 spiro atoms. The number of aromatic nitrogens is 1. The molecule has 0 aliphatic carbocycles. The van der Waals surface area contributed by atoms with Crippen molar-refractivity contribution in [2.45, 2.75) is 18.7 Å². The maximum Gasteiger partial charge on any atom is 0.340 e. The zero-order valence-electron chi connectivity index (χ0n) is 12.7. The molecule has 2 aromatic rings. The zero-order chi connectivity index (χ0) is 17.9. The molecule has 1 heterocycles. The predicted octanol–water partition coefficient (Wildman–Crippen LogP) is 3.84. The van der Waals surface area contributed by atoms with Crippen LogP contribution in [0.25, 0.3) is 0 Å². The third-order valence-electron chi connectivity index (χ3n) is 2.91. The summed E-state index contributed by atoms with van der Waals surface area (Å²) in [5.74, 6) is 0.106. The average molecular weight is 432 g/mol. The molecule has 0 radical (unpaired) electrons. The van der Waals surface area contributed by atoms with Crippen molar-refractivity contribution in [3.05, 3.63) is 45.1 Å². The molecule has 0 N–H and O–H groups in total. The minimum absolute atomic E-state index is 0.0385. The lowest BCUT2D eigenvalue weighted by molar-refractivity contribution is 0.327. The number of nitriles is 1. The number of aryl methyl sites for hydroxylation is 1. The Kier molecular flexibility index (Phi) is 5.70. The van der Waals surface area contributed by atoms with Gasteiger partial charge in [-0.05, 0) is 47.5 Å². The number of halogens is 2. The third-order valence-corrected chi connectivity index (χ3v) is 5.08. The topological polar surface area (TPSA) is 89.3 Å². The van der Waals surface area contributed by atoms with E-state index in [0.29, 0.717) is 11.1 Å². The fraction of sp³-hybridized carbons (Fsp3) is 0.200. The third kappa shape index (κ3) is 3.98. The normalized spacial score (nSPS) is 11.0. The number of benzene rings is 1. The van der Waals surface area contributed by atoms with Gasteiger partial charge in [-0.2, -0.15) is 13.7 Å². The summed E-state index contributed by atoms with van der Waals surface area (Å²) in [6, 6.07) is 6.18. The van der Waals surface area contributed by atoms with Crippen LogP contribution in [0.2, 0.25) is 5.15 Å². The highest BCUT2D eigenvalue weighted by Gasteiger charge is 2.23. The van der Waals surface area contributed by atoms with Gasteiger partial charge >= 0.3 is 10.1 Å². The zero-order valence-corrected chi connectivity index (χ0v) is 15.9. The van der Waals surface area contributed by atoms with Gasteiger partial charge < -0.3 is 8.92 Å². The van der Waals surface area contributed by atoms with Gasteiger partial charge in [-0.15, -0.1) is 0 Å². The van der Waals surface area contributed by atoms with E-state index in [1.54, 1.807) is 13.8 Å². The lowest BCUT2D eigenvalue weighted by Gasteiger charge is -2.14. The molecule has 0 fully saturated rings. The lowest BCUT2D eigenvalue weighted by atomic mass is 10.2. The monoisotopic (exact) mass is 430 g/mol. The molecule has 0 bridgehead atoms. The molecule has 2 rings (SSSR count). The fourth-order valence-electron chi connectivity index (χ4n) is 1.80. The van der Waals surface area contributed by atoms with Crippen LogP contribution >= 0.6 is 27.5 Å². The predicted molar refractivity (Wildman–Crippen MR) is 91.8 cm³/mol. The van der Waals surface area contributed by atoms with Crippen molar-refractivity contribution in [1.29, 1.82) is 5.26 Å². The number of hydrogen-bond acceptors (Lipinski definition) is 6. The molecule has 0 aliphatic heterocycles. The van der Waals surface area contributed by atoms with Crippen LogP contribution in [0.15, 0.2) is 33.8 Å². The first-order valence-electron chi connectivity index (χ1n) is 6.71. The van der Waals surface area contributed by atoms with Crippen LogP contribution in [0.4, 0.5) is 0 Å². The molecule has 1 aromatic heterocycles. The van der Waals surface area contributed by atoms with E-state index in [-0.39, 0.29) is 32.6 Å². The van der Waals surface area contributed by atoms with Crippen LogP contribution in [-0.2, 0) is 10.1 Å². The SMILES string of the molecule is CCOc1cc(C#N)cc(Br)c1OS(=O)(=O)c1cnc(Cl)c(C)c1. The van der Waals surface area contributed by atoms with Crippen LogP contribution in [0, 0.1) is 18.3 Å².